The number of rotatable bonds is 0. The van der Waals surface area contributed by atoms with Gasteiger partial charge in [-0.3, -0.25) is 4.79 Å². The van der Waals surface area contributed by atoms with Crippen LogP contribution in [0, 0.1) is 5.92 Å². The first-order chi connectivity index (χ1) is 4.79. The van der Waals surface area contributed by atoms with Crippen LogP contribution in [-0.2, 0) is 4.79 Å². The Hall–Kier alpha value is -0.570. The predicted molar refractivity (Wildman–Crippen MR) is 37.5 cm³/mol. The first-order valence-electron chi connectivity index (χ1n) is 3.77. The van der Waals surface area contributed by atoms with E-state index in [4.69, 9.17) is 0 Å². The average Bonchev–Trinajstić information content (AvgIpc) is 2.41. The number of fused-ring (bicyclic) bond motifs is 1. The molecule has 3 heteroatoms. The van der Waals surface area contributed by atoms with Crippen LogP contribution in [0.4, 0.5) is 0 Å². The van der Waals surface area contributed by atoms with Crippen LogP contribution in [0.2, 0.25) is 0 Å². The molecular formula is C7H12N2O. The highest BCUT2D eigenvalue weighted by Gasteiger charge is 2.40. The van der Waals surface area contributed by atoms with Gasteiger partial charge in [-0.15, -0.1) is 0 Å². The Labute approximate surface area is 60.4 Å². The third-order valence-corrected chi connectivity index (χ3v) is 2.50. The Kier molecular flexibility index (Phi) is 1.20. The van der Waals surface area contributed by atoms with Gasteiger partial charge in [-0.2, -0.15) is 0 Å². The molecule has 0 radical (unpaired) electrons. The monoisotopic (exact) mass is 140 g/mol. The van der Waals surface area contributed by atoms with E-state index in [1.807, 2.05) is 11.9 Å². The van der Waals surface area contributed by atoms with Crippen molar-refractivity contribution in [2.75, 3.05) is 20.1 Å². The van der Waals surface area contributed by atoms with E-state index >= 15 is 0 Å². The van der Waals surface area contributed by atoms with Crippen LogP contribution in [0.25, 0.3) is 0 Å². The van der Waals surface area contributed by atoms with Crippen molar-refractivity contribution in [1.29, 1.82) is 0 Å². The summed E-state index contributed by atoms with van der Waals surface area (Å²) >= 11 is 0. The zero-order chi connectivity index (χ0) is 7.14. The summed E-state index contributed by atoms with van der Waals surface area (Å²) < 4.78 is 0. The Morgan fingerprint density at radius 3 is 3.20 bits per heavy atom. The summed E-state index contributed by atoms with van der Waals surface area (Å²) in [4.78, 5) is 13.1. The lowest BCUT2D eigenvalue weighted by molar-refractivity contribution is -0.128. The van der Waals surface area contributed by atoms with Gasteiger partial charge in [0, 0.05) is 19.5 Å². The van der Waals surface area contributed by atoms with E-state index in [1.165, 1.54) is 6.42 Å². The molecule has 1 amide bonds. The summed E-state index contributed by atoms with van der Waals surface area (Å²) in [6, 6.07) is 0.157. The molecule has 1 N–H and O–H groups in total. The van der Waals surface area contributed by atoms with Crippen molar-refractivity contribution in [2.24, 2.45) is 5.92 Å². The molecule has 0 spiro atoms. The number of nitrogens with one attached hydrogen (secondary N) is 1. The molecular weight excluding hydrogens is 128 g/mol. The molecule has 2 fully saturated rings. The van der Waals surface area contributed by atoms with E-state index in [0.29, 0.717) is 5.92 Å². The third kappa shape index (κ3) is 0.669. The molecule has 0 aliphatic carbocycles. The summed E-state index contributed by atoms with van der Waals surface area (Å²) in [5.41, 5.74) is 0. The van der Waals surface area contributed by atoms with E-state index in [2.05, 4.69) is 5.32 Å². The SMILES string of the molecule is CN1C[C@H]2CCN[C@H]2C1=O. The topological polar surface area (TPSA) is 32.3 Å². The summed E-state index contributed by atoms with van der Waals surface area (Å²) in [6.45, 7) is 1.98. The standard InChI is InChI=1S/C7H12N2O/c1-9-4-5-2-3-8-6(5)7(9)10/h5-6,8H,2-4H2,1H3/t5-,6-/m1/s1. The average molecular weight is 140 g/mol. The van der Waals surface area contributed by atoms with Crippen molar-refractivity contribution in [3.63, 3.8) is 0 Å². The van der Waals surface area contributed by atoms with E-state index in [9.17, 15) is 4.79 Å². The number of carbonyl (C=O) groups is 1. The molecule has 2 saturated heterocycles. The van der Waals surface area contributed by atoms with E-state index < -0.39 is 0 Å². The lowest BCUT2D eigenvalue weighted by Gasteiger charge is -2.08. The van der Waals surface area contributed by atoms with Gasteiger partial charge in [0.05, 0.1) is 6.04 Å². The summed E-state index contributed by atoms with van der Waals surface area (Å²) in [5.74, 6) is 0.875. The smallest absolute Gasteiger partial charge is 0.239 e. The zero-order valence-electron chi connectivity index (χ0n) is 6.13. The number of nitrogens with zero attached hydrogens (tertiary/aromatic N) is 1. The van der Waals surface area contributed by atoms with Gasteiger partial charge < -0.3 is 10.2 Å². The van der Waals surface area contributed by atoms with Gasteiger partial charge in [0.1, 0.15) is 0 Å². The quantitative estimate of drug-likeness (QED) is 0.489. The molecule has 2 atom stereocenters. The highest BCUT2D eigenvalue weighted by Crippen LogP contribution is 2.23. The Morgan fingerprint density at radius 2 is 2.50 bits per heavy atom. The predicted octanol–water partition coefficient (Wildman–Crippen LogP) is -0.563. The molecule has 0 aromatic heterocycles. The van der Waals surface area contributed by atoms with E-state index in [-0.39, 0.29) is 11.9 Å². The van der Waals surface area contributed by atoms with Crippen LogP contribution >= 0.6 is 0 Å². The summed E-state index contributed by atoms with van der Waals surface area (Å²) in [5, 5.41) is 3.21. The fraction of sp³-hybridized carbons (Fsp3) is 0.857. The van der Waals surface area contributed by atoms with Crippen molar-refractivity contribution in [3.05, 3.63) is 0 Å². The maximum atomic E-state index is 11.3. The minimum Gasteiger partial charge on any atom is -0.344 e. The Balaban J connectivity index is 2.17. The van der Waals surface area contributed by atoms with Gasteiger partial charge in [-0.25, -0.2) is 0 Å². The highest BCUT2D eigenvalue weighted by atomic mass is 16.2. The molecule has 0 aromatic rings. The normalized spacial score (nSPS) is 38.9. The maximum Gasteiger partial charge on any atom is 0.239 e. The van der Waals surface area contributed by atoms with Gasteiger partial charge >= 0.3 is 0 Å². The molecule has 2 aliphatic heterocycles. The fourth-order valence-electron chi connectivity index (χ4n) is 1.92. The van der Waals surface area contributed by atoms with E-state index in [1.54, 1.807) is 0 Å². The maximum absolute atomic E-state index is 11.3. The summed E-state index contributed by atoms with van der Waals surface area (Å²) in [6.07, 6.45) is 1.17. The number of likely N-dealkylation sites (tertiary alicyclic amines) is 1. The molecule has 56 valence electrons. The molecule has 2 aliphatic rings. The van der Waals surface area contributed by atoms with Crippen LogP contribution in [0.5, 0.6) is 0 Å². The minimum absolute atomic E-state index is 0.157. The zero-order valence-corrected chi connectivity index (χ0v) is 6.13. The van der Waals surface area contributed by atoms with E-state index in [0.717, 1.165) is 13.1 Å². The van der Waals surface area contributed by atoms with Crippen LogP contribution in [0.1, 0.15) is 6.42 Å². The van der Waals surface area contributed by atoms with Gasteiger partial charge in [-0.1, -0.05) is 0 Å². The van der Waals surface area contributed by atoms with Crippen molar-refractivity contribution in [3.8, 4) is 0 Å². The molecule has 0 bridgehead atoms. The van der Waals surface area contributed by atoms with Gasteiger partial charge in [0.15, 0.2) is 0 Å². The molecule has 3 nitrogen and oxygen atoms in total. The number of hydrogen-bond donors (Lipinski definition) is 1. The number of amides is 1. The summed E-state index contributed by atoms with van der Waals surface area (Å²) in [7, 11) is 1.88. The Morgan fingerprint density at radius 1 is 1.70 bits per heavy atom. The largest absolute Gasteiger partial charge is 0.344 e. The van der Waals surface area contributed by atoms with Crippen LogP contribution < -0.4 is 5.32 Å². The molecule has 0 unspecified atom stereocenters. The number of likely N-dealkylation sites (N-methyl/N-ethyl adjacent to an activating group) is 1. The van der Waals surface area contributed by atoms with Gasteiger partial charge in [0.25, 0.3) is 0 Å². The number of hydrogen-bond acceptors (Lipinski definition) is 2. The van der Waals surface area contributed by atoms with Gasteiger partial charge in [-0.05, 0) is 13.0 Å². The third-order valence-electron chi connectivity index (χ3n) is 2.50. The lowest BCUT2D eigenvalue weighted by atomic mass is 10.1. The fourth-order valence-corrected chi connectivity index (χ4v) is 1.92. The second kappa shape index (κ2) is 1.95. The molecule has 2 rings (SSSR count). The lowest BCUT2D eigenvalue weighted by Crippen LogP contribution is -2.34. The first-order valence-corrected chi connectivity index (χ1v) is 3.77. The van der Waals surface area contributed by atoms with Crippen molar-refractivity contribution >= 4 is 5.91 Å². The minimum atomic E-state index is 0.157. The number of carbonyl (C=O) groups excluding carboxylic acids is 1. The van der Waals surface area contributed by atoms with Crippen molar-refractivity contribution in [1.82, 2.24) is 10.2 Å². The first kappa shape index (κ1) is 6.16. The van der Waals surface area contributed by atoms with Crippen LogP contribution in [0.3, 0.4) is 0 Å². The van der Waals surface area contributed by atoms with Crippen molar-refractivity contribution in [2.45, 2.75) is 12.5 Å². The van der Waals surface area contributed by atoms with Crippen LogP contribution in [0.15, 0.2) is 0 Å². The Bertz CT molecular complexity index is 169. The second-order valence-corrected chi connectivity index (χ2v) is 3.20. The molecule has 0 saturated carbocycles. The second-order valence-electron chi connectivity index (χ2n) is 3.20. The highest BCUT2D eigenvalue weighted by molar-refractivity contribution is 5.84. The van der Waals surface area contributed by atoms with Crippen LogP contribution in [-0.4, -0.2) is 37.0 Å². The van der Waals surface area contributed by atoms with Gasteiger partial charge in [0.2, 0.25) is 5.91 Å². The van der Waals surface area contributed by atoms with Crippen molar-refractivity contribution < 1.29 is 4.79 Å². The molecule has 2 heterocycles. The molecule has 10 heavy (non-hydrogen) atoms. The molecule has 0 aromatic carbocycles.